The highest BCUT2D eigenvalue weighted by Crippen LogP contribution is 2.36. The van der Waals surface area contributed by atoms with Crippen molar-refractivity contribution in [2.75, 3.05) is 30.0 Å². The molecule has 3 aromatic rings. The van der Waals surface area contributed by atoms with E-state index >= 15 is 0 Å². The first-order chi connectivity index (χ1) is 15.7. The molecule has 168 valence electrons. The molecule has 1 aromatic heterocycles. The fourth-order valence-corrected chi connectivity index (χ4v) is 5.09. The Morgan fingerprint density at radius 2 is 1.78 bits per heavy atom. The van der Waals surface area contributed by atoms with Crippen LogP contribution in [0.5, 0.6) is 0 Å². The number of hydrogen-bond acceptors (Lipinski definition) is 10. The van der Waals surface area contributed by atoms with Gasteiger partial charge in [0.05, 0.1) is 5.75 Å². The van der Waals surface area contributed by atoms with Gasteiger partial charge in [-0.1, -0.05) is 36.3 Å². The molecule has 2 heterocycles. The molecule has 2 aromatic carbocycles. The number of aromatic nitrogens is 2. The highest BCUT2D eigenvalue weighted by atomic mass is 32.2. The van der Waals surface area contributed by atoms with E-state index in [-0.39, 0.29) is 0 Å². The Morgan fingerprint density at radius 1 is 1.03 bits per heavy atom. The lowest BCUT2D eigenvalue weighted by Gasteiger charge is -2.20. The van der Waals surface area contributed by atoms with Crippen molar-refractivity contribution in [1.82, 2.24) is 15.6 Å². The summed E-state index contributed by atoms with van der Waals surface area (Å²) in [5.41, 5.74) is 4.19. The van der Waals surface area contributed by atoms with Crippen LogP contribution in [-0.2, 0) is 16.3 Å². The summed E-state index contributed by atoms with van der Waals surface area (Å²) in [6.07, 6.45) is 2.44. The lowest BCUT2D eigenvalue weighted by atomic mass is 10.2. The third-order valence-electron chi connectivity index (χ3n) is 4.78. The van der Waals surface area contributed by atoms with Gasteiger partial charge in [-0.25, -0.2) is 4.99 Å². The van der Waals surface area contributed by atoms with Gasteiger partial charge in [-0.3, -0.25) is 0 Å². The fourth-order valence-electron chi connectivity index (χ4n) is 3.10. The summed E-state index contributed by atoms with van der Waals surface area (Å²) in [7, 11) is 1.91. The van der Waals surface area contributed by atoms with Gasteiger partial charge >= 0.3 is 0 Å². The molecule has 32 heavy (non-hydrogen) atoms. The Kier molecular flexibility index (Phi) is 7.56. The van der Waals surface area contributed by atoms with Crippen LogP contribution >= 0.6 is 23.5 Å². The topological polar surface area (TPSA) is 96.6 Å². The predicted molar refractivity (Wildman–Crippen MR) is 130 cm³/mol. The summed E-state index contributed by atoms with van der Waals surface area (Å²) in [4.78, 5) is 16.6. The number of hydrogen-bond donors (Lipinski definition) is 3. The quantitative estimate of drug-likeness (QED) is 0.344. The van der Waals surface area contributed by atoms with Crippen molar-refractivity contribution >= 4 is 41.3 Å². The first kappa shape index (κ1) is 22.5. The van der Waals surface area contributed by atoms with Crippen molar-refractivity contribution in [3.8, 4) is 0 Å². The lowest BCUT2D eigenvalue weighted by molar-refractivity contribution is 0.112. The molecule has 1 unspecified atom stereocenters. The van der Waals surface area contributed by atoms with Gasteiger partial charge in [0.2, 0.25) is 5.66 Å². The van der Waals surface area contributed by atoms with Crippen LogP contribution in [0.4, 0.5) is 11.4 Å². The van der Waals surface area contributed by atoms with E-state index in [1.54, 1.807) is 23.5 Å². The average molecular weight is 471 g/mol. The molecule has 10 heteroatoms. The molecule has 8 nitrogen and oxygen atoms in total. The van der Waals surface area contributed by atoms with E-state index in [0.29, 0.717) is 23.2 Å². The monoisotopic (exact) mass is 470 g/mol. The number of aliphatic imine (C=N–C) groups is 1. The summed E-state index contributed by atoms with van der Waals surface area (Å²) < 4.78 is 5.61. The van der Waals surface area contributed by atoms with Crippen LogP contribution in [0.3, 0.4) is 0 Å². The van der Waals surface area contributed by atoms with Crippen LogP contribution in [-0.4, -0.2) is 35.9 Å². The van der Waals surface area contributed by atoms with E-state index in [2.05, 4.69) is 56.4 Å². The summed E-state index contributed by atoms with van der Waals surface area (Å²) in [5.74, 6) is 2.11. The number of rotatable bonds is 11. The normalized spacial score (nSPS) is 17.3. The molecule has 1 atom stereocenters. The molecule has 3 N–H and O–H groups in total. The summed E-state index contributed by atoms with van der Waals surface area (Å²) in [6, 6.07) is 16.3. The van der Waals surface area contributed by atoms with E-state index in [1.807, 2.05) is 37.4 Å². The second-order valence-corrected chi connectivity index (χ2v) is 9.11. The van der Waals surface area contributed by atoms with E-state index in [0.717, 1.165) is 34.1 Å². The lowest BCUT2D eigenvalue weighted by Crippen LogP contribution is -2.39. The van der Waals surface area contributed by atoms with Crippen molar-refractivity contribution < 1.29 is 9.36 Å². The molecule has 4 rings (SSSR count). The van der Waals surface area contributed by atoms with Gasteiger partial charge in [-0.2, -0.15) is 4.98 Å². The Morgan fingerprint density at radius 3 is 2.50 bits per heavy atom. The van der Waals surface area contributed by atoms with Gasteiger partial charge in [-0.15, -0.1) is 29.0 Å². The molecule has 1 aliphatic heterocycles. The standard InChI is InChI=1S/C22H26N6O2S2/c1-3-12-24-17-9-5-7-11-19(17)32-14-22(25-15-29-28-22)21-26-20(27-30-21)13-31-18-10-6-4-8-16(18)23-2/h4-11,15,23-24,28H,3,12-14H2,1-2H3. The molecule has 0 fully saturated rings. The number of para-hydroxylation sites is 2. The van der Waals surface area contributed by atoms with Crippen LogP contribution in [0.15, 0.2) is 67.8 Å². The average Bonchev–Trinajstić information content (AvgIpc) is 3.51. The van der Waals surface area contributed by atoms with E-state index in [9.17, 15) is 0 Å². The number of nitrogens with zero attached hydrogens (tertiary/aromatic N) is 3. The second kappa shape index (κ2) is 10.8. The van der Waals surface area contributed by atoms with E-state index in [4.69, 9.17) is 9.36 Å². The molecule has 0 radical (unpaired) electrons. The Bertz CT molecular complexity index is 1060. The highest BCUT2D eigenvalue weighted by Gasteiger charge is 2.41. The van der Waals surface area contributed by atoms with Crippen LogP contribution in [0, 0.1) is 0 Å². The minimum absolute atomic E-state index is 0.384. The van der Waals surface area contributed by atoms with Crippen molar-refractivity contribution in [3.63, 3.8) is 0 Å². The SMILES string of the molecule is CCCNc1ccccc1SCC1(c2nc(CSc3ccccc3NC)no2)N=CON1. The van der Waals surface area contributed by atoms with E-state index in [1.165, 1.54) is 6.40 Å². The number of hydroxylamine groups is 1. The van der Waals surface area contributed by atoms with E-state index < -0.39 is 5.66 Å². The van der Waals surface area contributed by atoms with Gasteiger partial charge < -0.3 is 20.0 Å². The zero-order valence-electron chi connectivity index (χ0n) is 18.0. The van der Waals surface area contributed by atoms with Crippen molar-refractivity contribution in [2.45, 2.75) is 34.6 Å². The zero-order chi connectivity index (χ0) is 22.2. The maximum absolute atomic E-state index is 5.61. The van der Waals surface area contributed by atoms with Crippen LogP contribution in [0.25, 0.3) is 0 Å². The molecule has 0 aliphatic carbocycles. The maximum Gasteiger partial charge on any atom is 0.273 e. The number of nitrogens with one attached hydrogen (secondary N) is 3. The minimum atomic E-state index is -0.929. The van der Waals surface area contributed by atoms with Crippen LogP contribution in [0.2, 0.25) is 0 Å². The van der Waals surface area contributed by atoms with Crippen LogP contribution in [0.1, 0.15) is 25.1 Å². The van der Waals surface area contributed by atoms with Gasteiger partial charge in [0, 0.05) is 40.5 Å². The molecule has 0 saturated carbocycles. The third-order valence-corrected chi connectivity index (χ3v) is 7.08. The Labute approximate surface area is 196 Å². The van der Waals surface area contributed by atoms with Gasteiger partial charge in [0.15, 0.2) is 12.2 Å². The predicted octanol–water partition coefficient (Wildman–Crippen LogP) is 4.73. The second-order valence-electron chi connectivity index (χ2n) is 7.08. The Hall–Kier alpha value is -2.69. The molecule has 0 spiro atoms. The number of anilines is 2. The molecular weight excluding hydrogens is 444 g/mol. The van der Waals surface area contributed by atoms with Gasteiger partial charge in [0.1, 0.15) is 0 Å². The number of thioether (sulfide) groups is 2. The first-order valence-electron chi connectivity index (χ1n) is 10.4. The Balaban J connectivity index is 1.45. The fraction of sp³-hybridized carbons (Fsp3) is 0.318. The third kappa shape index (κ3) is 5.20. The van der Waals surface area contributed by atoms with Crippen molar-refractivity contribution in [1.29, 1.82) is 0 Å². The van der Waals surface area contributed by atoms with Gasteiger partial charge in [-0.05, 0) is 30.7 Å². The summed E-state index contributed by atoms with van der Waals surface area (Å²) in [6.45, 7) is 3.07. The van der Waals surface area contributed by atoms with Crippen molar-refractivity contribution in [2.24, 2.45) is 4.99 Å². The zero-order valence-corrected chi connectivity index (χ0v) is 19.6. The van der Waals surface area contributed by atoms with Crippen LogP contribution < -0.4 is 16.1 Å². The highest BCUT2D eigenvalue weighted by molar-refractivity contribution is 7.99. The summed E-state index contributed by atoms with van der Waals surface area (Å²) >= 11 is 3.30. The number of benzene rings is 2. The molecule has 0 saturated heterocycles. The molecule has 0 bridgehead atoms. The van der Waals surface area contributed by atoms with Gasteiger partial charge in [0.25, 0.3) is 5.89 Å². The maximum atomic E-state index is 5.61. The van der Waals surface area contributed by atoms with Crippen molar-refractivity contribution in [3.05, 3.63) is 60.2 Å². The molecule has 1 aliphatic rings. The summed E-state index contributed by atoms with van der Waals surface area (Å²) in [5, 5.41) is 10.8. The minimum Gasteiger partial charge on any atom is -0.394 e. The molecule has 0 amide bonds. The first-order valence-corrected chi connectivity index (χ1v) is 12.4. The largest absolute Gasteiger partial charge is 0.394 e. The smallest absolute Gasteiger partial charge is 0.273 e. The molecular formula is C22H26N6O2S2.